The quantitative estimate of drug-likeness (QED) is 0.808. The molecule has 2 aromatic carbocycles. The van der Waals surface area contributed by atoms with Gasteiger partial charge in [-0.05, 0) is 23.8 Å². The van der Waals surface area contributed by atoms with Crippen molar-refractivity contribution in [3.63, 3.8) is 0 Å². The van der Waals surface area contributed by atoms with E-state index < -0.39 is 0 Å². The second-order valence-electron chi connectivity index (χ2n) is 5.05. The summed E-state index contributed by atoms with van der Waals surface area (Å²) in [5.74, 6) is 0.262. The molecule has 0 radical (unpaired) electrons. The van der Waals surface area contributed by atoms with Gasteiger partial charge in [0.2, 0.25) is 0 Å². The largest absolute Gasteiger partial charge is 0.488 e. The van der Waals surface area contributed by atoms with Gasteiger partial charge in [0.15, 0.2) is 0 Å². The lowest BCUT2D eigenvalue weighted by atomic mass is 10.1. The molecule has 0 aliphatic heterocycles. The first-order valence-corrected chi connectivity index (χ1v) is 7.58. The van der Waals surface area contributed by atoms with Gasteiger partial charge < -0.3 is 9.64 Å². The number of halogens is 1. The SMILES string of the molecule is CN(CCC#N)C(=O)c1cc(Cl)ccc1OCc1ccccc1. The molecule has 0 fully saturated rings. The van der Waals surface area contributed by atoms with Crippen molar-refractivity contribution in [2.75, 3.05) is 13.6 Å². The first-order chi connectivity index (χ1) is 11.1. The van der Waals surface area contributed by atoms with E-state index in [0.29, 0.717) is 29.5 Å². The monoisotopic (exact) mass is 328 g/mol. The molecular formula is C18H17ClN2O2. The van der Waals surface area contributed by atoms with E-state index in [-0.39, 0.29) is 12.3 Å². The maximum atomic E-state index is 12.5. The molecule has 0 aromatic heterocycles. The van der Waals surface area contributed by atoms with E-state index >= 15 is 0 Å². The summed E-state index contributed by atoms with van der Waals surface area (Å²) < 4.78 is 5.78. The molecule has 0 unspecified atom stereocenters. The molecule has 2 aromatic rings. The van der Waals surface area contributed by atoms with Crippen LogP contribution >= 0.6 is 11.6 Å². The molecule has 23 heavy (non-hydrogen) atoms. The molecule has 4 nitrogen and oxygen atoms in total. The van der Waals surface area contributed by atoms with Crippen molar-refractivity contribution in [3.05, 3.63) is 64.7 Å². The van der Waals surface area contributed by atoms with Crippen LogP contribution in [-0.2, 0) is 6.61 Å². The van der Waals surface area contributed by atoms with Crippen molar-refractivity contribution in [3.8, 4) is 11.8 Å². The topological polar surface area (TPSA) is 53.3 Å². The Bertz CT molecular complexity index is 711. The fraction of sp³-hybridized carbons (Fsp3) is 0.222. The van der Waals surface area contributed by atoms with Crippen LogP contribution < -0.4 is 4.74 Å². The second-order valence-corrected chi connectivity index (χ2v) is 5.49. The van der Waals surface area contributed by atoms with Crippen molar-refractivity contribution >= 4 is 17.5 Å². The van der Waals surface area contributed by atoms with Crippen molar-refractivity contribution in [1.82, 2.24) is 4.90 Å². The fourth-order valence-corrected chi connectivity index (χ4v) is 2.23. The van der Waals surface area contributed by atoms with Gasteiger partial charge >= 0.3 is 0 Å². The van der Waals surface area contributed by atoms with E-state index in [1.165, 1.54) is 4.90 Å². The van der Waals surface area contributed by atoms with Gasteiger partial charge in [-0.1, -0.05) is 41.9 Å². The van der Waals surface area contributed by atoms with E-state index in [1.54, 1.807) is 25.2 Å². The number of amides is 1. The smallest absolute Gasteiger partial charge is 0.257 e. The van der Waals surface area contributed by atoms with Crippen LogP contribution in [0.3, 0.4) is 0 Å². The van der Waals surface area contributed by atoms with Gasteiger partial charge in [-0.25, -0.2) is 0 Å². The third-order valence-corrected chi connectivity index (χ3v) is 3.55. The highest BCUT2D eigenvalue weighted by molar-refractivity contribution is 6.31. The Morgan fingerprint density at radius 3 is 2.70 bits per heavy atom. The summed E-state index contributed by atoms with van der Waals surface area (Å²) in [7, 11) is 1.65. The van der Waals surface area contributed by atoms with Gasteiger partial charge in [-0.2, -0.15) is 5.26 Å². The summed E-state index contributed by atoms with van der Waals surface area (Å²) in [6.07, 6.45) is 0.281. The van der Waals surface area contributed by atoms with Gasteiger partial charge in [-0.15, -0.1) is 0 Å². The molecule has 0 saturated carbocycles. The second kappa shape index (κ2) is 8.21. The number of nitriles is 1. The number of ether oxygens (including phenoxy) is 1. The molecule has 0 N–H and O–H groups in total. The minimum atomic E-state index is -0.217. The average molecular weight is 329 g/mol. The Balaban J connectivity index is 2.17. The van der Waals surface area contributed by atoms with Crippen molar-refractivity contribution in [1.29, 1.82) is 5.26 Å². The molecule has 1 amide bonds. The molecule has 2 rings (SSSR count). The Hall–Kier alpha value is -2.51. The van der Waals surface area contributed by atoms with Crippen LogP contribution in [0.2, 0.25) is 5.02 Å². The number of rotatable bonds is 6. The lowest BCUT2D eigenvalue weighted by molar-refractivity contribution is 0.0793. The average Bonchev–Trinajstić information content (AvgIpc) is 2.58. The molecule has 0 aliphatic carbocycles. The third-order valence-electron chi connectivity index (χ3n) is 3.31. The summed E-state index contributed by atoms with van der Waals surface area (Å²) in [4.78, 5) is 14.0. The summed E-state index contributed by atoms with van der Waals surface area (Å²) in [5.41, 5.74) is 1.41. The van der Waals surface area contributed by atoms with Crippen LogP contribution in [0.5, 0.6) is 5.75 Å². The molecule has 0 bridgehead atoms. The van der Waals surface area contributed by atoms with Gasteiger partial charge in [0.05, 0.1) is 18.1 Å². The molecule has 0 heterocycles. The number of carbonyl (C=O) groups excluding carboxylic acids is 1. The van der Waals surface area contributed by atoms with Crippen molar-refractivity contribution in [2.45, 2.75) is 13.0 Å². The number of nitrogens with zero attached hydrogens (tertiary/aromatic N) is 2. The molecular weight excluding hydrogens is 312 g/mol. The number of hydrogen-bond donors (Lipinski definition) is 0. The maximum absolute atomic E-state index is 12.5. The third kappa shape index (κ3) is 4.73. The fourth-order valence-electron chi connectivity index (χ4n) is 2.06. The number of hydrogen-bond acceptors (Lipinski definition) is 3. The van der Waals surface area contributed by atoms with Gasteiger partial charge in [0.25, 0.3) is 5.91 Å². The highest BCUT2D eigenvalue weighted by Crippen LogP contribution is 2.25. The molecule has 0 atom stereocenters. The lowest BCUT2D eigenvalue weighted by Crippen LogP contribution is -2.28. The zero-order chi connectivity index (χ0) is 16.7. The Labute approximate surface area is 140 Å². The minimum absolute atomic E-state index is 0.217. The van der Waals surface area contributed by atoms with Crippen LogP contribution in [0, 0.1) is 11.3 Å². The normalized spacial score (nSPS) is 9.96. The predicted molar refractivity (Wildman–Crippen MR) is 89.4 cm³/mol. The predicted octanol–water partition coefficient (Wildman–Crippen LogP) is 3.90. The van der Waals surface area contributed by atoms with E-state index in [9.17, 15) is 4.79 Å². The lowest BCUT2D eigenvalue weighted by Gasteiger charge is -2.18. The van der Waals surface area contributed by atoms with E-state index in [0.717, 1.165) is 5.56 Å². The minimum Gasteiger partial charge on any atom is -0.488 e. The van der Waals surface area contributed by atoms with Crippen LogP contribution in [0.4, 0.5) is 0 Å². The molecule has 0 spiro atoms. The summed E-state index contributed by atoms with van der Waals surface area (Å²) in [5, 5.41) is 9.11. The molecule has 5 heteroatoms. The molecule has 0 saturated heterocycles. The van der Waals surface area contributed by atoms with Gasteiger partial charge in [-0.3, -0.25) is 4.79 Å². The Morgan fingerprint density at radius 2 is 2.00 bits per heavy atom. The van der Waals surface area contributed by atoms with Crippen molar-refractivity contribution in [2.24, 2.45) is 0 Å². The van der Waals surface area contributed by atoms with Crippen LogP contribution in [0.15, 0.2) is 48.5 Å². The van der Waals surface area contributed by atoms with Gasteiger partial charge in [0.1, 0.15) is 12.4 Å². The highest BCUT2D eigenvalue weighted by Gasteiger charge is 2.17. The van der Waals surface area contributed by atoms with E-state index in [1.807, 2.05) is 36.4 Å². The Morgan fingerprint density at radius 1 is 1.26 bits per heavy atom. The van der Waals surface area contributed by atoms with Gasteiger partial charge in [0, 0.05) is 18.6 Å². The first kappa shape index (κ1) is 16.9. The number of carbonyl (C=O) groups is 1. The van der Waals surface area contributed by atoms with Crippen LogP contribution in [0.25, 0.3) is 0 Å². The molecule has 118 valence electrons. The standard InChI is InChI=1S/C18H17ClN2O2/c1-21(11-5-10-20)18(22)16-12-15(19)8-9-17(16)23-13-14-6-3-2-4-7-14/h2-4,6-9,12H,5,11,13H2,1H3. The van der Waals surface area contributed by atoms with E-state index in [2.05, 4.69) is 0 Å². The summed E-state index contributed by atoms with van der Waals surface area (Å²) in [6, 6.07) is 16.7. The van der Waals surface area contributed by atoms with Crippen LogP contribution in [0.1, 0.15) is 22.3 Å². The van der Waals surface area contributed by atoms with Crippen LogP contribution in [-0.4, -0.2) is 24.4 Å². The summed E-state index contributed by atoms with van der Waals surface area (Å²) >= 11 is 6.01. The Kier molecular flexibility index (Phi) is 6.02. The number of benzene rings is 2. The zero-order valence-electron chi connectivity index (χ0n) is 12.8. The highest BCUT2D eigenvalue weighted by atomic mass is 35.5. The molecule has 0 aliphatic rings. The van der Waals surface area contributed by atoms with Crippen molar-refractivity contribution < 1.29 is 9.53 Å². The summed E-state index contributed by atoms with van der Waals surface area (Å²) in [6.45, 7) is 0.727. The maximum Gasteiger partial charge on any atom is 0.257 e. The van der Waals surface area contributed by atoms with E-state index in [4.69, 9.17) is 21.6 Å². The first-order valence-electron chi connectivity index (χ1n) is 7.20. The zero-order valence-corrected chi connectivity index (χ0v) is 13.6.